The summed E-state index contributed by atoms with van der Waals surface area (Å²) in [6.45, 7) is 42.6. The summed E-state index contributed by atoms with van der Waals surface area (Å²) in [7, 11) is 7.31. The van der Waals surface area contributed by atoms with Gasteiger partial charge in [-0.3, -0.25) is 34.6 Å². The summed E-state index contributed by atoms with van der Waals surface area (Å²) in [5.41, 5.74) is 11.1. The van der Waals surface area contributed by atoms with Gasteiger partial charge in [0.2, 0.25) is 29.5 Å². The van der Waals surface area contributed by atoms with E-state index in [0.717, 1.165) is 112 Å². The van der Waals surface area contributed by atoms with Gasteiger partial charge in [-0.2, -0.15) is 0 Å². The fraction of sp³-hybridized carbons (Fsp3) is 0.489. The van der Waals surface area contributed by atoms with Gasteiger partial charge >= 0.3 is 0 Å². The van der Waals surface area contributed by atoms with E-state index in [2.05, 4.69) is 163 Å². The Hall–Kier alpha value is -8.88. The Morgan fingerprint density at radius 3 is 1.06 bits per heavy atom. The van der Waals surface area contributed by atoms with Crippen LogP contribution >= 0.6 is 12.4 Å². The minimum Gasteiger partial charge on any atom is -0.493 e. The Labute approximate surface area is 655 Å². The number of ether oxygens (including phenoxy) is 4. The number of hydrogen-bond acceptors (Lipinski definition) is 14. The molecule has 4 heterocycles. The molecule has 0 atom stereocenters. The second kappa shape index (κ2) is 47.8. The molecule has 19 nitrogen and oxygen atoms in total. The quantitative estimate of drug-likeness (QED) is 0.0276. The zero-order valence-corrected chi connectivity index (χ0v) is 67.2. The number of aromatic nitrogens is 2. The molecule has 5 N–H and O–H groups in total. The van der Waals surface area contributed by atoms with Crippen LogP contribution in [0.5, 0.6) is 23.0 Å². The molecule has 0 fully saturated rings. The summed E-state index contributed by atoms with van der Waals surface area (Å²) < 4.78 is 24.0. The minimum atomic E-state index is -0.679. The fourth-order valence-corrected chi connectivity index (χ4v) is 11.3. The van der Waals surface area contributed by atoms with Gasteiger partial charge in [-0.05, 0) is 148 Å². The standard InChI is InChI=1S/2C27H36N4O3.C17H25NO2.C14H23NO.3CH4.ClH/c2*1-7-13-34-24-20(9-8-10-22(24)18(2)3)17-31(6)23(32)12-11-19-14-21-16-29-27(4,5)26(33)30-25(21)28-15-19;1-6-11-20-17-14(12-18(5)16(19)7-2)9-8-10-15(17)13(3)4;1-5-9-16-14-12(10-15-4)7-6-8-13(14)11(2)3;;;;/h2*8-12,14-15,18,29H,7,13,16-17H2,1-6H3,(H,28,30,33);7-10,13H,2,6,11-12H2,1,3-5H3;6-8,11,15H,5,9-10H2,1-4H3;3*1H4;1H/b2*12-11+;;;;;;. The van der Waals surface area contributed by atoms with Gasteiger partial charge in [0.05, 0.1) is 37.5 Å². The van der Waals surface area contributed by atoms with E-state index in [1.807, 2.05) is 83.3 Å². The summed E-state index contributed by atoms with van der Waals surface area (Å²) >= 11 is 0. The van der Waals surface area contributed by atoms with Crippen LogP contribution in [0.25, 0.3) is 12.2 Å². The number of likely N-dealkylation sites (N-methyl/N-ethyl adjacent to an activating group) is 3. The van der Waals surface area contributed by atoms with Crippen molar-refractivity contribution in [3.05, 3.63) is 189 Å². The van der Waals surface area contributed by atoms with Gasteiger partial charge in [0.1, 0.15) is 34.6 Å². The number of carbonyl (C=O) groups is 5. The molecular weight excluding hydrogens is 1380 g/mol. The van der Waals surface area contributed by atoms with E-state index in [0.29, 0.717) is 87.9 Å². The van der Waals surface area contributed by atoms with Crippen molar-refractivity contribution in [1.29, 1.82) is 0 Å². The number of nitrogens with one attached hydrogen (secondary N) is 5. The molecule has 0 saturated carbocycles. The number of para-hydroxylation sites is 4. The molecule has 2 aromatic heterocycles. The highest BCUT2D eigenvalue weighted by molar-refractivity contribution is 5.99. The van der Waals surface area contributed by atoms with E-state index in [1.54, 1.807) is 72.5 Å². The Kier molecular flexibility index (Phi) is 43.0. The molecule has 0 unspecified atom stereocenters. The SMILES string of the molecule is C.C.C.C=CC(=O)N(C)Cc1cccc(C(C)C)c1OCCC.CCCOc1c(CN(C)C(=O)/C=C/c2cnc3c(c2)CNC(C)(C)C(=O)N3)cccc1C(C)C.CCCOc1c(CN(C)C(=O)/C=C/c2cnc3c(c2)CNC(C)(C)C(=O)N3)cccc1C(C)C.CCCOc1c(CNC)cccc1C(C)C.Cl. The second-order valence-electron chi connectivity index (χ2n) is 28.8. The van der Waals surface area contributed by atoms with Gasteiger partial charge in [-0.25, -0.2) is 9.97 Å². The maximum Gasteiger partial charge on any atom is 0.246 e. The fourth-order valence-electron chi connectivity index (χ4n) is 11.3. The number of fused-ring (bicyclic) bond motifs is 2. The Balaban J connectivity index is 0.000000742. The molecule has 6 aromatic rings. The average Bonchev–Trinajstić information content (AvgIpc) is 1.27. The van der Waals surface area contributed by atoms with Gasteiger partial charge in [-0.1, -0.05) is 185 Å². The van der Waals surface area contributed by atoms with Crippen molar-refractivity contribution in [2.75, 3.05) is 65.3 Å². The molecule has 0 saturated heterocycles. The third kappa shape index (κ3) is 28.9. The first kappa shape index (κ1) is 97.1. The lowest BCUT2D eigenvalue weighted by Crippen LogP contribution is -2.47. The first-order valence-electron chi connectivity index (χ1n) is 36.9. The van der Waals surface area contributed by atoms with E-state index in [9.17, 15) is 24.0 Å². The second-order valence-corrected chi connectivity index (χ2v) is 28.8. The van der Waals surface area contributed by atoms with Gasteiger partial charge in [0.25, 0.3) is 0 Å². The first-order chi connectivity index (χ1) is 49.4. The van der Waals surface area contributed by atoms with Gasteiger partial charge in [0, 0.05) is 118 Å². The first-order valence-corrected chi connectivity index (χ1v) is 36.9. The zero-order chi connectivity index (χ0) is 76.8. The lowest BCUT2D eigenvalue weighted by Gasteiger charge is -2.21. The molecule has 20 heteroatoms. The van der Waals surface area contributed by atoms with Gasteiger partial charge in [0.15, 0.2) is 0 Å². The molecule has 108 heavy (non-hydrogen) atoms. The van der Waals surface area contributed by atoms with Crippen molar-refractivity contribution in [3.63, 3.8) is 0 Å². The number of hydrogen-bond donors (Lipinski definition) is 5. The summed E-state index contributed by atoms with van der Waals surface area (Å²) in [6.07, 6.45) is 15.1. The maximum absolute atomic E-state index is 12.8. The van der Waals surface area contributed by atoms with Gasteiger partial charge < -0.3 is 49.6 Å². The Morgan fingerprint density at radius 2 is 0.787 bits per heavy atom. The van der Waals surface area contributed by atoms with Crippen molar-refractivity contribution in [3.8, 4) is 23.0 Å². The highest BCUT2D eigenvalue weighted by atomic mass is 35.5. The van der Waals surface area contributed by atoms with Crippen molar-refractivity contribution >= 4 is 65.7 Å². The normalized spacial score (nSPS) is 13.0. The van der Waals surface area contributed by atoms with Crippen LogP contribution in [0.1, 0.15) is 249 Å². The van der Waals surface area contributed by atoms with Crippen LogP contribution < -0.4 is 45.5 Å². The van der Waals surface area contributed by atoms with Crippen LogP contribution in [0.15, 0.2) is 122 Å². The Morgan fingerprint density at radius 1 is 0.500 bits per heavy atom. The molecule has 4 aromatic carbocycles. The van der Waals surface area contributed by atoms with Crippen molar-refractivity contribution in [1.82, 2.24) is 40.6 Å². The summed E-state index contributed by atoms with van der Waals surface area (Å²) in [5, 5.41) is 15.4. The van der Waals surface area contributed by atoms with Crippen LogP contribution in [0.2, 0.25) is 0 Å². The molecule has 596 valence electrons. The number of benzene rings is 4. The lowest BCUT2D eigenvalue weighted by molar-refractivity contribution is -0.126. The predicted octanol–water partition coefficient (Wildman–Crippen LogP) is 18.4. The van der Waals surface area contributed by atoms with Crippen LogP contribution in [-0.2, 0) is 63.2 Å². The monoisotopic (exact) mass is 1510 g/mol. The number of rotatable bonds is 29. The summed E-state index contributed by atoms with van der Waals surface area (Å²) in [6, 6.07) is 28.7. The van der Waals surface area contributed by atoms with E-state index < -0.39 is 11.1 Å². The van der Waals surface area contributed by atoms with E-state index in [-0.39, 0.29) is 64.2 Å². The number of anilines is 2. The van der Waals surface area contributed by atoms with E-state index >= 15 is 0 Å². The third-order valence-corrected chi connectivity index (χ3v) is 17.5. The van der Waals surface area contributed by atoms with Crippen molar-refractivity contribution in [2.45, 2.75) is 233 Å². The topological polar surface area (TPSA) is 218 Å². The molecule has 8 rings (SSSR count). The maximum atomic E-state index is 12.8. The van der Waals surface area contributed by atoms with Crippen LogP contribution in [0.3, 0.4) is 0 Å². The molecule has 0 bridgehead atoms. The molecular formula is C88H133ClN10O9. The number of nitrogens with zero attached hydrogens (tertiary/aromatic N) is 5. The smallest absolute Gasteiger partial charge is 0.246 e. The number of pyridine rings is 2. The molecule has 5 amide bonds. The van der Waals surface area contributed by atoms with Crippen molar-refractivity contribution in [2.24, 2.45) is 0 Å². The number of amides is 5. The predicted molar refractivity (Wildman–Crippen MR) is 451 cm³/mol. The van der Waals surface area contributed by atoms with Gasteiger partial charge in [-0.15, -0.1) is 12.4 Å². The van der Waals surface area contributed by atoms with E-state index in [1.165, 1.54) is 22.8 Å². The number of carbonyl (C=O) groups excluding carboxylic acids is 5. The number of halogens is 1. The van der Waals surface area contributed by atoms with Crippen LogP contribution in [0, 0.1) is 0 Å². The minimum absolute atomic E-state index is 0. The van der Waals surface area contributed by atoms with Crippen LogP contribution in [0.4, 0.5) is 11.6 Å². The highest BCUT2D eigenvalue weighted by Crippen LogP contribution is 2.36. The largest absolute Gasteiger partial charge is 0.493 e. The molecule has 2 aliphatic heterocycles. The lowest BCUT2D eigenvalue weighted by atomic mass is 9.98. The van der Waals surface area contributed by atoms with Crippen LogP contribution in [-0.4, -0.2) is 120 Å². The highest BCUT2D eigenvalue weighted by Gasteiger charge is 2.32. The third-order valence-electron chi connectivity index (χ3n) is 17.5. The molecule has 0 aliphatic carbocycles. The molecule has 0 spiro atoms. The zero-order valence-electron chi connectivity index (χ0n) is 66.4. The average molecular weight is 1510 g/mol. The summed E-state index contributed by atoms with van der Waals surface area (Å²) in [5.74, 6) is 5.88. The van der Waals surface area contributed by atoms with E-state index in [4.69, 9.17) is 18.9 Å². The van der Waals surface area contributed by atoms with Crippen molar-refractivity contribution < 1.29 is 42.9 Å². The summed E-state index contributed by atoms with van der Waals surface area (Å²) in [4.78, 5) is 75.6. The molecule has 2 aliphatic rings. The molecule has 0 radical (unpaired) electrons. The Bertz CT molecular complexity index is 3710.